The molecule has 3 rings (SSSR count). The molecule has 3 aromatic rings. The molecule has 2 aromatic heterocycles. The number of nitrogens with one attached hydrogen (secondary N) is 1. The molecule has 2 heterocycles. The van der Waals surface area contributed by atoms with Crippen molar-refractivity contribution in [2.45, 2.75) is 45.4 Å². The van der Waals surface area contributed by atoms with E-state index in [9.17, 15) is 9.18 Å². The van der Waals surface area contributed by atoms with Crippen molar-refractivity contribution in [1.29, 1.82) is 0 Å². The number of benzene rings is 1. The Balaban J connectivity index is 1.55. The minimum absolute atomic E-state index is 0.0702. The average Bonchev–Trinajstić information content (AvgIpc) is 3.28. The number of aromatic nitrogens is 6. The molecule has 27 heavy (non-hydrogen) atoms. The van der Waals surface area contributed by atoms with Gasteiger partial charge in [0.25, 0.3) is 0 Å². The van der Waals surface area contributed by atoms with Crippen LogP contribution < -0.4 is 5.32 Å². The zero-order chi connectivity index (χ0) is 19.4. The molecule has 0 spiro atoms. The highest BCUT2D eigenvalue weighted by Crippen LogP contribution is 2.20. The highest BCUT2D eigenvalue weighted by Gasteiger charge is 2.20. The van der Waals surface area contributed by atoms with Crippen molar-refractivity contribution < 1.29 is 13.7 Å². The van der Waals surface area contributed by atoms with Gasteiger partial charge >= 0.3 is 0 Å². The van der Waals surface area contributed by atoms with Crippen molar-refractivity contribution in [3.63, 3.8) is 0 Å². The highest BCUT2D eigenvalue weighted by molar-refractivity contribution is 5.91. The molecule has 0 aliphatic heterocycles. The van der Waals surface area contributed by atoms with Crippen LogP contribution in [-0.2, 0) is 16.6 Å². The van der Waals surface area contributed by atoms with Crippen LogP contribution in [0.1, 0.15) is 45.3 Å². The largest absolute Gasteiger partial charge is 0.339 e. The van der Waals surface area contributed by atoms with Crippen LogP contribution in [-0.4, -0.2) is 36.3 Å². The van der Waals surface area contributed by atoms with E-state index in [4.69, 9.17) is 4.52 Å². The fourth-order valence-electron chi connectivity index (χ4n) is 2.31. The van der Waals surface area contributed by atoms with E-state index in [-0.39, 0.29) is 23.4 Å². The third kappa shape index (κ3) is 4.72. The van der Waals surface area contributed by atoms with Crippen LogP contribution in [0.15, 0.2) is 29.0 Å². The number of tetrazole rings is 1. The number of anilines is 1. The molecule has 0 saturated carbocycles. The van der Waals surface area contributed by atoms with Crippen molar-refractivity contribution in [2.75, 3.05) is 5.32 Å². The zero-order valence-corrected chi connectivity index (χ0v) is 15.3. The number of carbonyl (C=O) groups excluding carboxylic acids is 1. The van der Waals surface area contributed by atoms with Crippen LogP contribution in [0.3, 0.4) is 0 Å². The number of aryl methyl sites for hydroxylation is 1. The minimum Gasteiger partial charge on any atom is -0.339 e. The summed E-state index contributed by atoms with van der Waals surface area (Å²) in [6.45, 7) is 5.98. The number of carbonyl (C=O) groups is 1. The van der Waals surface area contributed by atoms with E-state index in [2.05, 4.69) is 31.0 Å². The van der Waals surface area contributed by atoms with E-state index < -0.39 is 5.82 Å². The van der Waals surface area contributed by atoms with Gasteiger partial charge in [-0.15, -0.1) is 5.10 Å². The maximum atomic E-state index is 14.0. The molecule has 1 amide bonds. The topological polar surface area (TPSA) is 112 Å². The second kappa shape index (κ2) is 7.60. The highest BCUT2D eigenvalue weighted by atomic mass is 19.1. The van der Waals surface area contributed by atoms with Crippen LogP contribution in [0, 0.1) is 5.82 Å². The predicted molar refractivity (Wildman–Crippen MR) is 93.7 cm³/mol. The number of amides is 1. The minimum atomic E-state index is -0.535. The van der Waals surface area contributed by atoms with E-state index in [1.54, 1.807) is 0 Å². The smallest absolute Gasteiger partial charge is 0.226 e. The molecule has 0 saturated heterocycles. The Morgan fingerprint density at radius 1 is 1.33 bits per heavy atom. The fourth-order valence-corrected chi connectivity index (χ4v) is 2.31. The Hall–Kier alpha value is -3.17. The Morgan fingerprint density at radius 2 is 2.15 bits per heavy atom. The summed E-state index contributed by atoms with van der Waals surface area (Å²) in [6, 6.07) is 4.24. The molecule has 0 bridgehead atoms. The van der Waals surface area contributed by atoms with Gasteiger partial charge in [0.15, 0.2) is 5.82 Å². The lowest BCUT2D eigenvalue weighted by Crippen LogP contribution is -2.14. The Bertz CT molecular complexity index is 916. The zero-order valence-electron chi connectivity index (χ0n) is 15.3. The Kier molecular flexibility index (Phi) is 5.24. The van der Waals surface area contributed by atoms with Crippen LogP contribution in [0.2, 0.25) is 0 Å². The van der Waals surface area contributed by atoms with Crippen LogP contribution in [0.5, 0.6) is 0 Å². The molecule has 0 aliphatic carbocycles. The normalized spacial score (nSPS) is 11.6. The third-order valence-corrected chi connectivity index (χ3v) is 3.77. The van der Waals surface area contributed by atoms with E-state index in [1.807, 2.05) is 20.8 Å². The fraction of sp³-hybridized carbons (Fsp3) is 0.412. The van der Waals surface area contributed by atoms with Gasteiger partial charge in [-0.25, -0.2) is 9.07 Å². The van der Waals surface area contributed by atoms with Gasteiger partial charge in [-0.05, 0) is 35.0 Å². The molecular weight excluding hydrogens is 353 g/mol. The molecule has 0 atom stereocenters. The number of halogens is 1. The number of nitrogens with zero attached hydrogens (tertiary/aromatic N) is 6. The van der Waals surface area contributed by atoms with Gasteiger partial charge in [-0.1, -0.05) is 25.9 Å². The first kappa shape index (κ1) is 18.6. The SMILES string of the molecule is CC(C)(C)c1noc(CCCC(=O)Nc2cc(-n3cnnn3)ccc2F)n1. The first-order chi connectivity index (χ1) is 12.8. The summed E-state index contributed by atoms with van der Waals surface area (Å²) in [6.07, 6.45) is 2.56. The molecule has 1 aromatic carbocycles. The summed E-state index contributed by atoms with van der Waals surface area (Å²) >= 11 is 0. The summed E-state index contributed by atoms with van der Waals surface area (Å²) in [5.41, 5.74) is 0.416. The van der Waals surface area contributed by atoms with Crippen LogP contribution in [0.4, 0.5) is 10.1 Å². The molecule has 0 radical (unpaired) electrons. The van der Waals surface area contributed by atoms with Gasteiger partial charge in [-0.3, -0.25) is 4.79 Å². The van der Waals surface area contributed by atoms with Crippen molar-refractivity contribution in [1.82, 2.24) is 30.3 Å². The summed E-state index contributed by atoms with van der Waals surface area (Å²) in [5, 5.41) is 17.3. The monoisotopic (exact) mass is 373 g/mol. The van der Waals surface area contributed by atoms with Gasteiger partial charge < -0.3 is 9.84 Å². The first-order valence-electron chi connectivity index (χ1n) is 8.49. The number of hydrogen-bond donors (Lipinski definition) is 1. The molecule has 9 nitrogen and oxygen atoms in total. The maximum Gasteiger partial charge on any atom is 0.226 e. The molecule has 142 valence electrons. The summed E-state index contributed by atoms with van der Waals surface area (Å²) in [4.78, 5) is 16.5. The van der Waals surface area contributed by atoms with E-state index in [0.717, 1.165) is 0 Å². The van der Waals surface area contributed by atoms with E-state index in [1.165, 1.54) is 29.2 Å². The Morgan fingerprint density at radius 3 is 2.81 bits per heavy atom. The molecular formula is C17H20FN7O2. The van der Waals surface area contributed by atoms with E-state index >= 15 is 0 Å². The summed E-state index contributed by atoms with van der Waals surface area (Å²) in [7, 11) is 0. The van der Waals surface area contributed by atoms with Crippen molar-refractivity contribution in [2.24, 2.45) is 0 Å². The lowest BCUT2D eigenvalue weighted by Gasteiger charge is -2.10. The number of hydrogen-bond acceptors (Lipinski definition) is 7. The van der Waals surface area contributed by atoms with Crippen molar-refractivity contribution in [3.05, 3.63) is 42.1 Å². The van der Waals surface area contributed by atoms with Gasteiger partial charge in [0.1, 0.15) is 12.1 Å². The van der Waals surface area contributed by atoms with Crippen molar-refractivity contribution >= 4 is 11.6 Å². The lowest BCUT2D eigenvalue weighted by molar-refractivity contribution is -0.116. The van der Waals surface area contributed by atoms with Crippen LogP contribution in [0.25, 0.3) is 5.69 Å². The molecule has 0 unspecified atom stereocenters. The van der Waals surface area contributed by atoms with Gasteiger partial charge in [0.2, 0.25) is 11.8 Å². The molecule has 0 aliphatic rings. The van der Waals surface area contributed by atoms with E-state index in [0.29, 0.717) is 30.2 Å². The summed E-state index contributed by atoms with van der Waals surface area (Å²) in [5.74, 6) is 0.272. The lowest BCUT2D eigenvalue weighted by atomic mass is 9.96. The van der Waals surface area contributed by atoms with Gasteiger partial charge in [0, 0.05) is 18.3 Å². The third-order valence-electron chi connectivity index (χ3n) is 3.77. The second-order valence-electron chi connectivity index (χ2n) is 7.08. The summed E-state index contributed by atoms with van der Waals surface area (Å²) < 4.78 is 20.5. The Labute approximate surface area is 155 Å². The molecule has 10 heteroatoms. The quantitative estimate of drug-likeness (QED) is 0.706. The first-order valence-corrected chi connectivity index (χ1v) is 8.49. The molecule has 0 fully saturated rings. The average molecular weight is 373 g/mol. The van der Waals surface area contributed by atoms with Gasteiger partial charge in [-0.2, -0.15) is 4.98 Å². The van der Waals surface area contributed by atoms with Gasteiger partial charge in [0.05, 0.1) is 11.4 Å². The standard InChI is InChI=1S/C17H20FN7O2/c1-17(2,3)16-21-15(27-22-16)6-4-5-14(26)20-13-9-11(7-8-12(13)18)25-10-19-23-24-25/h7-10H,4-6H2,1-3H3,(H,20,26). The maximum absolute atomic E-state index is 14.0. The predicted octanol–water partition coefficient (Wildman–Crippen LogP) is 2.44. The van der Waals surface area contributed by atoms with Crippen molar-refractivity contribution in [3.8, 4) is 5.69 Å². The second-order valence-corrected chi connectivity index (χ2v) is 7.08. The number of rotatable bonds is 6. The molecule has 1 N–H and O–H groups in total. The van der Waals surface area contributed by atoms with Crippen LogP contribution >= 0.6 is 0 Å².